The molecule has 138 valence electrons. The molecule has 1 fully saturated rings. The van der Waals surface area contributed by atoms with Crippen molar-refractivity contribution in [3.8, 4) is 5.75 Å². The van der Waals surface area contributed by atoms with Crippen molar-refractivity contribution in [2.45, 2.75) is 45.6 Å². The Labute approximate surface area is 154 Å². The molecule has 1 atom stereocenters. The minimum absolute atomic E-state index is 0.241. The van der Waals surface area contributed by atoms with Gasteiger partial charge in [0, 0.05) is 30.4 Å². The van der Waals surface area contributed by atoms with E-state index in [0.29, 0.717) is 29.0 Å². The van der Waals surface area contributed by atoms with Crippen LogP contribution in [0.15, 0.2) is 30.3 Å². The van der Waals surface area contributed by atoms with Gasteiger partial charge in [0.1, 0.15) is 23.1 Å². The summed E-state index contributed by atoms with van der Waals surface area (Å²) < 4.78 is 5.20. The van der Waals surface area contributed by atoms with E-state index >= 15 is 0 Å². The molecule has 0 radical (unpaired) electrons. The van der Waals surface area contributed by atoms with E-state index in [1.54, 1.807) is 19.2 Å². The number of anilines is 2. The second-order valence-electron chi connectivity index (χ2n) is 6.60. The number of hydrogen-bond acceptors (Lipinski definition) is 5. The first-order chi connectivity index (χ1) is 12.6. The summed E-state index contributed by atoms with van der Waals surface area (Å²) in [6.45, 7) is 5.01. The predicted octanol–water partition coefficient (Wildman–Crippen LogP) is 3.81. The lowest BCUT2D eigenvalue weighted by molar-refractivity contribution is 0.102. The molecule has 2 heterocycles. The van der Waals surface area contributed by atoms with Crippen molar-refractivity contribution in [1.29, 1.82) is 0 Å². The van der Waals surface area contributed by atoms with Crippen LogP contribution in [0.4, 0.5) is 11.5 Å². The molecule has 2 aromatic rings. The Bertz CT molecular complexity index is 778. The van der Waals surface area contributed by atoms with Crippen LogP contribution in [0.3, 0.4) is 0 Å². The number of amides is 1. The molecule has 0 aliphatic carbocycles. The van der Waals surface area contributed by atoms with E-state index in [4.69, 9.17) is 4.74 Å². The highest BCUT2D eigenvalue weighted by Crippen LogP contribution is 2.26. The summed E-state index contributed by atoms with van der Waals surface area (Å²) in [5.74, 6) is 1.91. The average Bonchev–Trinajstić information content (AvgIpc) is 2.67. The maximum Gasteiger partial charge on any atom is 0.274 e. The number of piperidine rings is 1. The molecule has 0 bridgehead atoms. The SMILES string of the molecule is CCC1CCCCN1c1cc(C(=O)Nc2cccc(OC)c2)nc(C)n1. The van der Waals surface area contributed by atoms with Crippen molar-refractivity contribution in [1.82, 2.24) is 9.97 Å². The summed E-state index contributed by atoms with van der Waals surface area (Å²) in [5, 5.41) is 2.89. The summed E-state index contributed by atoms with van der Waals surface area (Å²) in [4.78, 5) is 23.9. The van der Waals surface area contributed by atoms with Crippen LogP contribution >= 0.6 is 0 Å². The maximum atomic E-state index is 12.7. The Morgan fingerprint density at radius 2 is 2.15 bits per heavy atom. The van der Waals surface area contributed by atoms with Crippen LogP contribution in [-0.4, -0.2) is 35.6 Å². The Hall–Kier alpha value is -2.63. The minimum Gasteiger partial charge on any atom is -0.497 e. The third-order valence-electron chi connectivity index (χ3n) is 4.78. The number of rotatable bonds is 5. The van der Waals surface area contributed by atoms with Crippen LogP contribution in [0.2, 0.25) is 0 Å². The summed E-state index contributed by atoms with van der Waals surface area (Å²) in [6.07, 6.45) is 4.66. The zero-order chi connectivity index (χ0) is 18.5. The first kappa shape index (κ1) is 18.2. The number of carbonyl (C=O) groups excluding carboxylic acids is 1. The number of methoxy groups -OCH3 is 1. The van der Waals surface area contributed by atoms with E-state index in [0.717, 1.165) is 25.2 Å². The highest BCUT2D eigenvalue weighted by atomic mass is 16.5. The lowest BCUT2D eigenvalue weighted by Crippen LogP contribution is -2.40. The molecular formula is C20H26N4O2. The first-order valence-corrected chi connectivity index (χ1v) is 9.18. The van der Waals surface area contributed by atoms with E-state index in [1.165, 1.54) is 12.8 Å². The fraction of sp³-hybridized carbons (Fsp3) is 0.450. The molecule has 1 aromatic carbocycles. The van der Waals surface area contributed by atoms with Crippen molar-refractivity contribution < 1.29 is 9.53 Å². The number of aromatic nitrogens is 2. The van der Waals surface area contributed by atoms with Crippen molar-refractivity contribution in [2.75, 3.05) is 23.9 Å². The summed E-state index contributed by atoms with van der Waals surface area (Å²) in [5.41, 5.74) is 1.06. The topological polar surface area (TPSA) is 67.4 Å². The van der Waals surface area contributed by atoms with Gasteiger partial charge in [0.05, 0.1) is 7.11 Å². The molecular weight excluding hydrogens is 328 g/mol. The number of aryl methyl sites for hydroxylation is 1. The summed E-state index contributed by atoms with van der Waals surface area (Å²) in [7, 11) is 1.60. The maximum absolute atomic E-state index is 12.7. The Balaban J connectivity index is 1.83. The molecule has 0 saturated carbocycles. The average molecular weight is 354 g/mol. The van der Waals surface area contributed by atoms with Gasteiger partial charge in [-0.15, -0.1) is 0 Å². The Morgan fingerprint density at radius 1 is 1.31 bits per heavy atom. The third kappa shape index (κ3) is 4.12. The minimum atomic E-state index is -0.241. The van der Waals surface area contributed by atoms with Crippen LogP contribution in [0.25, 0.3) is 0 Å². The lowest BCUT2D eigenvalue weighted by Gasteiger charge is -2.36. The molecule has 6 nitrogen and oxygen atoms in total. The van der Waals surface area contributed by atoms with Gasteiger partial charge in [-0.3, -0.25) is 4.79 Å². The van der Waals surface area contributed by atoms with E-state index in [1.807, 2.05) is 25.1 Å². The van der Waals surface area contributed by atoms with Crippen LogP contribution in [-0.2, 0) is 0 Å². The first-order valence-electron chi connectivity index (χ1n) is 9.18. The molecule has 1 unspecified atom stereocenters. The van der Waals surface area contributed by atoms with Gasteiger partial charge in [-0.1, -0.05) is 13.0 Å². The molecule has 1 aromatic heterocycles. The quantitative estimate of drug-likeness (QED) is 0.884. The molecule has 1 N–H and O–H groups in total. The lowest BCUT2D eigenvalue weighted by atomic mass is 10.00. The van der Waals surface area contributed by atoms with E-state index in [9.17, 15) is 4.79 Å². The van der Waals surface area contributed by atoms with Gasteiger partial charge >= 0.3 is 0 Å². The zero-order valence-electron chi connectivity index (χ0n) is 15.7. The highest BCUT2D eigenvalue weighted by Gasteiger charge is 2.23. The van der Waals surface area contributed by atoms with Gasteiger partial charge in [0.2, 0.25) is 0 Å². The highest BCUT2D eigenvalue weighted by molar-refractivity contribution is 6.03. The van der Waals surface area contributed by atoms with Gasteiger partial charge in [0.15, 0.2) is 0 Å². The van der Waals surface area contributed by atoms with Crippen LogP contribution in [0.1, 0.15) is 48.9 Å². The van der Waals surface area contributed by atoms with Gasteiger partial charge in [-0.25, -0.2) is 9.97 Å². The Kier molecular flexibility index (Phi) is 5.71. The van der Waals surface area contributed by atoms with Gasteiger partial charge in [0.25, 0.3) is 5.91 Å². The molecule has 1 amide bonds. The fourth-order valence-electron chi connectivity index (χ4n) is 3.44. The second kappa shape index (κ2) is 8.17. The largest absolute Gasteiger partial charge is 0.497 e. The molecule has 0 spiro atoms. The Morgan fingerprint density at radius 3 is 2.92 bits per heavy atom. The number of carbonyl (C=O) groups is 1. The zero-order valence-corrected chi connectivity index (χ0v) is 15.7. The number of nitrogens with one attached hydrogen (secondary N) is 1. The molecule has 1 aliphatic rings. The van der Waals surface area contributed by atoms with Gasteiger partial charge in [-0.2, -0.15) is 0 Å². The van der Waals surface area contributed by atoms with Gasteiger partial charge in [-0.05, 0) is 44.7 Å². The van der Waals surface area contributed by atoms with Crippen LogP contribution in [0, 0.1) is 6.92 Å². The predicted molar refractivity (Wildman–Crippen MR) is 103 cm³/mol. The summed E-state index contributed by atoms with van der Waals surface area (Å²) >= 11 is 0. The monoisotopic (exact) mass is 354 g/mol. The fourth-order valence-corrected chi connectivity index (χ4v) is 3.44. The van der Waals surface area contributed by atoms with Crippen molar-refractivity contribution in [3.05, 3.63) is 41.9 Å². The molecule has 1 saturated heterocycles. The van der Waals surface area contributed by atoms with Crippen molar-refractivity contribution in [2.24, 2.45) is 0 Å². The van der Waals surface area contributed by atoms with E-state index in [-0.39, 0.29) is 5.91 Å². The standard InChI is InChI=1S/C20H26N4O2/c1-4-16-9-5-6-11-24(16)19-13-18(21-14(2)22-19)20(25)23-15-8-7-10-17(12-15)26-3/h7-8,10,12-13,16H,4-6,9,11H2,1-3H3,(H,23,25). The number of benzene rings is 1. The second-order valence-corrected chi connectivity index (χ2v) is 6.60. The number of nitrogens with zero attached hydrogens (tertiary/aromatic N) is 3. The van der Waals surface area contributed by atoms with Crippen molar-refractivity contribution in [3.63, 3.8) is 0 Å². The van der Waals surface area contributed by atoms with Crippen LogP contribution in [0.5, 0.6) is 5.75 Å². The van der Waals surface area contributed by atoms with E-state index < -0.39 is 0 Å². The third-order valence-corrected chi connectivity index (χ3v) is 4.78. The molecule has 3 rings (SSSR count). The number of ether oxygens (including phenoxy) is 1. The molecule has 26 heavy (non-hydrogen) atoms. The van der Waals surface area contributed by atoms with E-state index in [2.05, 4.69) is 27.1 Å². The summed E-state index contributed by atoms with van der Waals surface area (Å²) in [6, 6.07) is 9.57. The van der Waals surface area contributed by atoms with Gasteiger partial charge < -0.3 is 15.0 Å². The molecule has 6 heteroatoms. The van der Waals surface area contributed by atoms with Crippen LogP contribution < -0.4 is 15.0 Å². The van der Waals surface area contributed by atoms with Crippen molar-refractivity contribution >= 4 is 17.4 Å². The number of hydrogen-bond donors (Lipinski definition) is 1. The normalized spacial score (nSPS) is 17.0. The molecule has 1 aliphatic heterocycles. The smallest absolute Gasteiger partial charge is 0.274 e.